The number of thiophene rings is 1. The Labute approximate surface area is 477 Å². The molecule has 0 atom stereocenters. The number of anilines is 6. The van der Waals surface area contributed by atoms with Crippen molar-refractivity contribution in [2.75, 3.05) is 36.2 Å². The molecule has 8 rings (SSSR count). The van der Waals surface area contributed by atoms with E-state index in [0.29, 0.717) is 0 Å². The van der Waals surface area contributed by atoms with E-state index in [-0.39, 0.29) is 0 Å². The summed E-state index contributed by atoms with van der Waals surface area (Å²) in [4.78, 5) is 17.7. The Morgan fingerprint density at radius 1 is 0.304 bits per heavy atom. The zero-order chi connectivity index (χ0) is 55.0. The van der Waals surface area contributed by atoms with Crippen molar-refractivity contribution in [2.24, 2.45) is 0 Å². The van der Waals surface area contributed by atoms with Crippen LogP contribution in [-0.2, 0) is 12.8 Å². The highest BCUT2D eigenvalue weighted by atomic mass is 32.1. The van der Waals surface area contributed by atoms with E-state index in [1.165, 1.54) is 77.0 Å². The molecule has 9 heteroatoms. The van der Waals surface area contributed by atoms with E-state index < -0.39 is 0 Å². The molecular formula is C70H86N4O4S. The third-order valence-corrected chi connectivity index (χ3v) is 15.8. The summed E-state index contributed by atoms with van der Waals surface area (Å²) in [5.41, 5.74) is 12.5. The first kappa shape index (κ1) is 58.3. The van der Waals surface area contributed by atoms with Gasteiger partial charge in [0.1, 0.15) is 34.0 Å². The van der Waals surface area contributed by atoms with Crippen molar-refractivity contribution in [1.82, 2.24) is 9.97 Å². The van der Waals surface area contributed by atoms with E-state index >= 15 is 0 Å². The van der Waals surface area contributed by atoms with Crippen molar-refractivity contribution in [3.63, 3.8) is 0 Å². The summed E-state index contributed by atoms with van der Waals surface area (Å²) in [7, 11) is 0. The predicted octanol–water partition coefficient (Wildman–Crippen LogP) is 20.9. The van der Waals surface area contributed by atoms with Crippen LogP contribution in [0, 0.1) is 0 Å². The quantitative estimate of drug-likeness (QED) is 0.0370. The van der Waals surface area contributed by atoms with Gasteiger partial charge < -0.3 is 28.7 Å². The van der Waals surface area contributed by atoms with Crippen LogP contribution in [0.4, 0.5) is 34.1 Å². The first-order valence-electron chi connectivity index (χ1n) is 30.0. The largest absolute Gasteiger partial charge is 0.494 e. The van der Waals surface area contributed by atoms with Gasteiger partial charge in [-0.1, -0.05) is 143 Å². The van der Waals surface area contributed by atoms with Gasteiger partial charge in [0.05, 0.1) is 47.6 Å². The Morgan fingerprint density at radius 3 is 0.772 bits per heavy atom. The third-order valence-electron chi connectivity index (χ3n) is 14.6. The lowest BCUT2D eigenvalue weighted by atomic mass is 10.1. The molecule has 8 nitrogen and oxygen atoms in total. The monoisotopic (exact) mass is 1080 g/mol. The lowest BCUT2D eigenvalue weighted by Gasteiger charge is -2.26. The van der Waals surface area contributed by atoms with E-state index in [0.717, 1.165) is 165 Å². The molecule has 0 amide bonds. The molecule has 2 heterocycles. The molecule has 0 saturated heterocycles. The molecule has 416 valence electrons. The highest BCUT2D eigenvalue weighted by molar-refractivity contribution is 7.20. The Hall–Kier alpha value is -6.84. The Bertz CT molecular complexity index is 2690. The van der Waals surface area contributed by atoms with Gasteiger partial charge in [0.15, 0.2) is 0 Å². The van der Waals surface area contributed by atoms with E-state index in [4.69, 9.17) is 28.9 Å². The minimum absolute atomic E-state index is 0.729. The third kappa shape index (κ3) is 16.2. The molecule has 6 aromatic carbocycles. The number of nitrogens with zero attached hydrogens (tertiary/aromatic N) is 4. The zero-order valence-electron chi connectivity index (χ0n) is 48.2. The molecule has 79 heavy (non-hydrogen) atoms. The fourth-order valence-electron chi connectivity index (χ4n) is 10.0. The molecule has 2 aromatic heterocycles. The molecule has 0 unspecified atom stereocenters. The summed E-state index contributed by atoms with van der Waals surface area (Å²) in [6.07, 6.45) is 20.5. The van der Waals surface area contributed by atoms with Gasteiger partial charge in [-0.05, 0) is 171 Å². The molecule has 0 fully saturated rings. The maximum atomic E-state index is 6.18. The summed E-state index contributed by atoms with van der Waals surface area (Å²) in [6.45, 7) is 16.2. The van der Waals surface area contributed by atoms with Crippen LogP contribution in [0.2, 0.25) is 0 Å². The Balaban J connectivity index is 1.10. The molecule has 0 spiro atoms. The molecule has 0 aliphatic rings. The van der Waals surface area contributed by atoms with Gasteiger partial charge in [0.25, 0.3) is 0 Å². The lowest BCUT2D eigenvalue weighted by molar-refractivity contribution is 0.305. The van der Waals surface area contributed by atoms with Crippen LogP contribution >= 0.6 is 11.3 Å². The van der Waals surface area contributed by atoms with Gasteiger partial charge >= 0.3 is 0 Å². The van der Waals surface area contributed by atoms with Crippen LogP contribution in [0.5, 0.6) is 23.0 Å². The Morgan fingerprint density at radius 2 is 0.544 bits per heavy atom. The standard InChI is InChI=1S/C70H86N4O4S/c1-7-13-17-21-49-75-61-41-33-57(34-42-61)73(58-35-43-62(44-36-58)76-50-22-18-14-8-2)55-29-25-53(26-30-55)69-67-68(72-66(12-6)65(11-5)71-67)70(79-69)54-27-31-56(32-28-54)74(59-37-45-63(46-38-59)77-51-23-19-15-9-3)60-39-47-64(48-40-60)78-52-24-20-16-10-4/h25-48H,7-24,49-52H2,1-6H3. The summed E-state index contributed by atoms with van der Waals surface area (Å²) in [6, 6.07) is 51.9. The number of ether oxygens (including phenoxy) is 4. The van der Waals surface area contributed by atoms with Gasteiger partial charge in [-0.15, -0.1) is 11.3 Å². The SMILES string of the molecule is CCCCCCOc1ccc(N(c2ccc(OCCCCCC)cc2)c2ccc(-c3sc(-c4ccc(N(c5ccc(OCCCCCC)cc5)c5ccc(OCCCCCC)cc5)cc4)c4nc(CC)c(CC)nc34)cc2)cc1. The molecular weight excluding hydrogens is 993 g/mol. The summed E-state index contributed by atoms with van der Waals surface area (Å²) in [5.74, 6) is 3.56. The van der Waals surface area contributed by atoms with Gasteiger partial charge in [0.2, 0.25) is 0 Å². The fourth-order valence-corrected chi connectivity index (χ4v) is 11.2. The van der Waals surface area contributed by atoms with Gasteiger partial charge in [-0.3, -0.25) is 0 Å². The number of unbranched alkanes of at least 4 members (excludes halogenated alkanes) is 12. The van der Waals surface area contributed by atoms with Gasteiger partial charge in [-0.2, -0.15) is 0 Å². The van der Waals surface area contributed by atoms with E-state index in [2.05, 4.69) is 197 Å². The van der Waals surface area contributed by atoms with Crippen LogP contribution in [0.1, 0.15) is 156 Å². The van der Waals surface area contributed by atoms with Crippen LogP contribution in [0.3, 0.4) is 0 Å². The van der Waals surface area contributed by atoms with Crippen molar-refractivity contribution in [2.45, 2.75) is 157 Å². The number of hydrogen-bond acceptors (Lipinski definition) is 9. The maximum absolute atomic E-state index is 6.18. The van der Waals surface area contributed by atoms with Gasteiger partial charge in [-0.25, -0.2) is 9.97 Å². The minimum atomic E-state index is 0.729. The van der Waals surface area contributed by atoms with E-state index in [1.807, 2.05) is 0 Å². The number of aromatic nitrogens is 2. The number of rotatable bonds is 34. The lowest BCUT2D eigenvalue weighted by Crippen LogP contribution is -2.10. The normalized spacial score (nSPS) is 11.3. The molecule has 0 aliphatic carbocycles. The van der Waals surface area contributed by atoms with Crippen LogP contribution < -0.4 is 28.7 Å². The van der Waals surface area contributed by atoms with Crippen molar-refractivity contribution < 1.29 is 18.9 Å². The molecule has 0 aliphatic heterocycles. The van der Waals surface area contributed by atoms with E-state index in [1.54, 1.807) is 11.3 Å². The van der Waals surface area contributed by atoms with Crippen LogP contribution in [0.15, 0.2) is 146 Å². The highest BCUT2D eigenvalue weighted by Gasteiger charge is 2.22. The minimum Gasteiger partial charge on any atom is -0.494 e. The van der Waals surface area contributed by atoms with Crippen LogP contribution in [-0.4, -0.2) is 36.4 Å². The molecule has 0 N–H and O–H groups in total. The second kappa shape index (κ2) is 31.1. The molecule has 0 radical (unpaired) electrons. The summed E-state index contributed by atoms with van der Waals surface area (Å²) < 4.78 is 24.7. The van der Waals surface area contributed by atoms with Crippen molar-refractivity contribution in [1.29, 1.82) is 0 Å². The number of benzene rings is 6. The van der Waals surface area contributed by atoms with Crippen molar-refractivity contribution in [3.05, 3.63) is 157 Å². The second-order valence-corrected chi connectivity index (χ2v) is 21.7. The van der Waals surface area contributed by atoms with Gasteiger partial charge in [0, 0.05) is 34.1 Å². The fraction of sp³-hybridized carbons (Fsp3) is 0.400. The van der Waals surface area contributed by atoms with Crippen molar-refractivity contribution >= 4 is 56.5 Å². The van der Waals surface area contributed by atoms with Crippen LogP contribution in [0.25, 0.3) is 31.9 Å². The summed E-state index contributed by atoms with van der Waals surface area (Å²) >= 11 is 1.77. The number of aryl methyl sites for hydroxylation is 2. The summed E-state index contributed by atoms with van der Waals surface area (Å²) in [5, 5.41) is 0. The average molecular weight is 1080 g/mol. The predicted molar refractivity (Wildman–Crippen MR) is 335 cm³/mol. The first-order chi connectivity index (χ1) is 38.9. The van der Waals surface area contributed by atoms with Crippen molar-refractivity contribution in [3.8, 4) is 43.9 Å². The maximum Gasteiger partial charge on any atom is 0.119 e. The second-order valence-electron chi connectivity index (χ2n) is 20.7. The molecule has 8 aromatic rings. The molecule has 0 bridgehead atoms. The zero-order valence-corrected chi connectivity index (χ0v) is 49.1. The topological polar surface area (TPSA) is 69.2 Å². The number of hydrogen-bond donors (Lipinski definition) is 0. The highest BCUT2D eigenvalue weighted by Crippen LogP contribution is 2.46. The average Bonchev–Trinajstić information content (AvgIpc) is 4.03. The Kier molecular flexibility index (Phi) is 22.9. The first-order valence-corrected chi connectivity index (χ1v) is 30.8. The smallest absolute Gasteiger partial charge is 0.119 e. The molecule has 0 saturated carbocycles. The number of fused-ring (bicyclic) bond motifs is 1. The van der Waals surface area contributed by atoms with E-state index in [9.17, 15) is 0 Å².